The number of halogens is 1. The lowest BCUT2D eigenvalue weighted by Gasteiger charge is -2.10. The van der Waals surface area contributed by atoms with Gasteiger partial charge in [-0.25, -0.2) is 8.42 Å². The van der Waals surface area contributed by atoms with Crippen LogP contribution in [0.1, 0.15) is 10.4 Å². The Kier molecular flexibility index (Phi) is 4.50. The van der Waals surface area contributed by atoms with Gasteiger partial charge in [0.2, 0.25) is 0 Å². The summed E-state index contributed by atoms with van der Waals surface area (Å²) in [4.78, 5) is 11.4. The van der Waals surface area contributed by atoms with E-state index in [9.17, 15) is 13.2 Å². The van der Waals surface area contributed by atoms with Crippen LogP contribution in [0.15, 0.2) is 53.4 Å². The number of benzene rings is 2. The van der Waals surface area contributed by atoms with Crippen LogP contribution in [0.5, 0.6) is 0 Å². The number of rotatable bonds is 4. The van der Waals surface area contributed by atoms with Crippen LogP contribution in [0.4, 0.5) is 5.69 Å². The second-order valence-electron chi connectivity index (χ2n) is 4.20. The third-order valence-corrected chi connectivity index (χ3v) is 4.60. The van der Waals surface area contributed by atoms with Crippen molar-refractivity contribution in [2.45, 2.75) is 4.90 Å². The number of hydrogen-bond acceptors (Lipinski definition) is 3. The molecule has 0 fully saturated rings. The molecule has 0 bridgehead atoms. The summed E-state index contributed by atoms with van der Waals surface area (Å²) < 4.78 is 27.1. The molecular formula is C14H13ClN2O3S. The van der Waals surface area contributed by atoms with E-state index < -0.39 is 10.0 Å². The van der Waals surface area contributed by atoms with E-state index >= 15 is 0 Å². The summed E-state index contributed by atoms with van der Waals surface area (Å²) in [5, 5.41) is 2.48. The van der Waals surface area contributed by atoms with Gasteiger partial charge < -0.3 is 5.32 Å². The molecule has 0 radical (unpaired) electrons. The van der Waals surface area contributed by atoms with Crippen LogP contribution in [0.3, 0.4) is 0 Å². The molecule has 0 aromatic heterocycles. The molecule has 0 unspecified atom stereocenters. The summed E-state index contributed by atoms with van der Waals surface area (Å²) in [6, 6.07) is 12.5. The molecule has 0 heterocycles. The molecule has 0 aliphatic rings. The van der Waals surface area contributed by atoms with Crippen molar-refractivity contribution in [2.75, 3.05) is 11.8 Å². The molecule has 0 spiro atoms. The molecule has 21 heavy (non-hydrogen) atoms. The van der Waals surface area contributed by atoms with E-state index in [4.69, 9.17) is 11.6 Å². The van der Waals surface area contributed by atoms with Crippen LogP contribution in [-0.4, -0.2) is 21.4 Å². The lowest BCUT2D eigenvalue weighted by molar-refractivity contribution is 0.0963. The third-order valence-electron chi connectivity index (χ3n) is 2.74. The largest absolute Gasteiger partial charge is 0.355 e. The van der Waals surface area contributed by atoms with Crippen molar-refractivity contribution in [3.05, 3.63) is 59.1 Å². The minimum atomic E-state index is -3.87. The molecule has 0 aliphatic carbocycles. The van der Waals surface area contributed by atoms with Gasteiger partial charge in [-0.3, -0.25) is 9.52 Å². The topological polar surface area (TPSA) is 75.3 Å². The number of carbonyl (C=O) groups is 1. The zero-order chi connectivity index (χ0) is 15.5. The Morgan fingerprint density at radius 2 is 1.76 bits per heavy atom. The average molecular weight is 325 g/mol. The number of nitrogens with one attached hydrogen (secondary N) is 2. The fraction of sp³-hybridized carbons (Fsp3) is 0.0714. The van der Waals surface area contributed by atoms with E-state index in [1.54, 1.807) is 30.3 Å². The maximum atomic E-state index is 12.4. The highest BCUT2D eigenvalue weighted by Crippen LogP contribution is 2.25. The van der Waals surface area contributed by atoms with Crippen LogP contribution in [0, 0.1) is 0 Å². The van der Waals surface area contributed by atoms with Gasteiger partial charge in [-0.05, 0) is 30.3 Å². The minimum absolute atomic E-state index is 0.0473. The van der Waals surface area contributed by atoms with E-state index in [-0.39, 0.29) is 21.4 Å². The maximum absolute atomic E-state index is 12.4. The fourth-order valence-electron chi connectivity index (χ4n) is 1.71. The highest BCUT2D eigenvalue weighted by molar-refractivity contribution is 7.92. The second-order valence-corrected chi connectivity index (χ2v) is 6.25. The smallest absolute Gasteiger partial charge is 0.263 e. The van der Waals surface area contributed by atoms with Crippen molar-refractivity contribution >= 4 is 33.2 Å². The first-order valence-electron chi connectivity index (χ1n) is 6.03. The van der Waals surface area contributed by atoms with E-state index in [2.05, 4.69) is 10.0 Å². The first-order chi connectivity index (χ1) is 9.94. The molecule has 0 saturated carbocycles. The molecule has 2 aromatic rings. The summed E-state index contributed by atoms with van der Waals surface area (Å²) in [6.07, 6.45) is 0. The monoisotopic (exact) mass is 324 g/mol. The standard InChI is InChI=1S/C14H13ClN2O3S/c1-16-14(18)10-7-8-12(15)13(9-10)21(19,20)17-11-5-3-2-4-6-11/h2-9,17H,1H3,(H,16,18). The Bertz CT molecular complexity index is 761. The van der Waals surface area contributed by atoms with Gasteiger partial charge in [0.25, 0.3) is 15.9 Å². The van der Waals surface area contributed by atoms with Gasteiger partial charge in [0, 0.05) is 18.3 Å². The quantitative estimate of drug-likeness (QED) is 0.907. The molecule has 5 nitrogen and oxygen atoms in total. The van der Waals surface area contributed by atoms with E-state index in [0.717, 1.165) is 0 Å². The van der Waals surface area contributed by atoms with E-state index in [0.29, 0.717) is 5.69 Å². The summed E-state index contributed by atoms with van der Waals surface area (Å²) in [6.45, 7) is 0. The summed E-state index contributed by atoms with van der Waals surface area (Å²) in [5.74, 6) is -0.386. The van der Waals surface area contributed by atoms with Gasteiger partial charge in [0.05, 0.1) is 5.02 Å². The lowest BCUT2D eigenvalue weighted by Crippen LogP contribution is -2.19. The van der Waals surface area contributed by atoms with Crippen LogP contribution in [0.25, 0.3) is 0 Å². The first-order valence-corrected chi connectivity index (χ1v) is 7.89. The van der Waals surface area contributed by atoms with Gasteiger partial charge in [-0.15, -0.1) is 0 Å². The number of sulfonamides is 1. The molecule has 1 amide bonds. The van der Waals surface area contributed by atoms with E-state index in [1.165, 1.54) is 25.2 Å². The molecule has 7 heteroatoms. The van der Waals surface area contributed by atoms with Crippen molar-refractivity contribution in [2.24, 2.45) is 0 Å². The van der Waals surface area contributed by atoms with Crippen molar-refractivity contribution in [3.63, 3.8) is 0 Å². The maximum Gasteiger partial charge on any atom is 0.263 e. The minimum Gasteiger partial charge on any atom is -0.355 e. The zero-order valence-electron chi connectivity index (χ0n) is 11.1. The van der Waals surface area contributed by atoms with Gasteiger partial charge >= 0.3 is 0 Å². The molecule has 0 saturated heterocycles. The summed E-state index contributed by atoms with van der Waals surface area (Å²) in [7, 11) is -2.40. The predicted octanol–water partition coefficient (Wildman–Crippen LogP) is 2.50. The second kappa shape index (κ2) is 6.15. The Labute approximate surface area is 128 Å². The molecule has 0 atom stereocenters. The Morgan fingerprint density at radius 1 is 1.10 bits per heavy atom. The zero-order valence-corrected chi connectivity index (χ0v) is 12.7. The lowest BCUT2D eigenvalue weighted by atomic mass is 10.2. The van der Waals surface area contributed by atoms with Crippen molar-refractivity contribution in [1.82, 2.24) is 5.32 Å². The van der Waals surface area contributed by atoms with Crippen LogP contribution < -0.4 is 10.0 Å². The number of hydrogen-bond donors (Lipinski definition) is 2. The van der Waals surface area contributed by atoms with Crippen molar-refractivity contribution in [3.8, 4) is 0 Å². The first kappa shape index (κ1) is 15.3. The SMILES string of the molecule is CNC(=O)c1ccc(Cl)c(S(=O)(=O)Nc2ccccc2)c1. The number of carbonyl (C=O) groups excluding carboxylic acids is 1. The van der Waals surface area contributed by atoms with Gasteiger partial charge in [0.15, 0.2) is 0 Å². The highest BCUT2D eigenvalue weighted by Gasteiger charge is 2.20. The summed E-state index contributed by atoms with van der Waals surface area (Å²) in [5.41, 5.74) is 0.634. The van der Waals surface area contributed by atoms with Crippen molar-refractivity contribution < 1.29 is 13.2 Å². The normalized spacial score (nSPS) is 11.0. The number of para-hydroxylation sites is 1. The van der Waals surface area contributed by atoms with Gasteiger partial charge in [0.1, 0.15) is 4.90 Å². The average Bonchev–Trinajstić information content (AvgIpc) is 2.47. The highest BCUT2D eigenvalue weighted by atomic mass is 35.5. The van der Waals surface area contributed by atoms with Crippen LogP contribution in [0.2, 0.25) is 5.02 Å². The third kappa shape index (κ3) is 3.53. The molecule has 0 aliphatic heterocycles. The molecular weight excluding hydrogens is 312 g/mol. The van der Waals surface area contributed by atoms with Gasteiger partial charge in [-0.2, -0.15) is 0 Å². The van der Waals surface area contributed by atoms with Crippen LogP contribution in [-0.2, 0) is 10.0 Å². The van der Waals surface area contributed by atoms with E-state index in [1.807, 2.05) is 0 Å². The fourth-order valence-corrected chi connectivity index (χ4v) is 3.30. The molecule has 2 aromatic carbocycles. The van der Waals surface area contributed by atoms with Crippen LogP contribution >= 0.6 is 11.6 Å². The summed E-state index contributed by atoms with van der Waals surface area (Å²) >= 11 is 5.94. The molecule has 110 valence electrons. The molecule has 2 N–H and O–H groups in total. The predicted molar refractivity (Wildman–Crippen MR) is 82.1 cm³/mol. The molecule has 2 rings (SSSR count). The van der Waals surface area contributed by atoms with Crippen molar-refractivity contribution in [1.29, 1.82) is 0 Å². The number of anilines is 1. The Hall–Kier alpha value is -2.05. The Balaban J connectivity index is 2.42. The Morgan fingerprint density at radius 3 is 2.38 bits per heavy atom. The van der Waals surface area contributed by atoms with Gasteiger partial charge in [-0.1, -0.05) is 29.8 Å². The number of amides is 1.